The molecular formula is C34H46I3N3O5. The summed E-state index contributed by atoms with van der Waals surface area (Å²) in [4.78, 5) is 51.8. The van der Waals surface area contributed by atoms with Crippen LogP contribution in [0.15, 0.2) is 24.3 Å². The van der Waals surface area contributed by atoms with Crippen molar-refractivity contribution in [3.8, 4) is 0 Å². The van der Waals surface area contributed by atoms with Crippen LogP contribution in [-0.4, -0.2) is 42.9 Å². The van der Waals surface area contributed by atoms with Gasteiger partial charge in [0.25, 0.3) is 5.91 Å². The maximum atomic E-state index is 13.6. The number of hydrogen-bond acceptors (Lipinski definition) is 4. The number of aryl methyl sites for hydroxylation is 1. The van der Waals surface area contributed by atoms with E-state index in [1.54, 1.807) is 14.1 Å². The lowest BCUT2D eigenvalue weighted by Gasteiger charge is -2.27. The molecule has 8 nitrogen and oxygen atoms in total. The van der Waals surface area contributed by atoms with Crippen molar-refractivity contribution in [1.29, 1.82) is 0 Å². The van der Waals surface area contributed by atoms with Crippen molar-refractivity contribution < 1.29 is 24.3 Å². The summed E-state index contributed by atoms with van der Waals surface area (Å²) < 4.78 is 2.04. The van der Waals surface area contributed by atoms with E-state index in [9.17, 15) is 19.2 Å². The zero-order valence-corrected chi connectivity index (χ0v) is 33.3. The second kappa shape index (κ2) is 20.7. The van der Waals surface area contributed by atoms with Gasteiger partial charge in [-0.25, -0.2) is 0 Å². The van der Waals surface area contributed by atoms with Crippen molar-refractivity contribution in [2.75, 3.05) is 29.2 Å². The van der Waals surface area contributed by atoms with E-state index >= 15 is 0 Å². The molecule has 0 radical (unpaired) electrons. The number of nitrogens with zero attached hydrogens (tertiary/aromatic N) is 2. The summed E-state index contributed by atoms with van der Waals surface area (Å²) >= 11 is 6.38. The van der Waals surface area contributed by atoms with E-state index in [1.807, 2.05) is 12.1 Å². The molecule has 0 saturated heterocycles. The first-order chi connectivity index (χ1) is 21.4. The molecule has 2 N–H and O–H groups in total. The van der Waals surface area contributed by atoms with Crippen molar-refractivity contribution in [2.45, 2.75) is 104 Å². The summed E-state index contributed by atoms with van der Waals surface area (Å²) in [6.07, 6.45) is 15.4. The molecule has 248 valence electrons. The average molecular weight is 957 g/mol. The molecule has 2 aromatic rings. The van der Waals surface area contributed by atoms with Gasteiger partial charge in [-0.15, -0.1) is 0 Å². The molecule has 0 bridgehead atoms. The lowest BCUT2D eigenvalue weighted by molar-refractivity contribution is -0.137. The first kappa shape index (κ1) is 39.7. The van der Waals surface area contributed by atoms with Gasteiger partial charge in [-0.3, -0.25) is 19.2 Å². The average Bonchev–Trinajstić information content (AvgIpc) is 2.97. The Balaban J connectivity index is 1.86. The monoisotopic (exact) mass is 957 g/mol. The number of nitrogens with one attached hydrogen (secondary N) is 1. The molecule has 0 saturated carbocycles. The number of carbonyl (C=O) groups excluding carboxylic acids is 3. The van der Waals surface area contributed by atoms with Gasteiger partial charge >= 0.3 is 5.97 Å². The summed E-state index contributed by atoms with van der Waals surface area (Å²) in [5.74, 6) is -1.32. The van der Waals surface area contributed by atoms with E-state index in [4.69, 9.17) is 5.11 Å². The second-order valence-electron chi connectivity index (χ2n) is 11.5. The molecule has 2 rings (SSSR count). The van der Waals surface area contributed by atoms with Crippen molar-refractivity contribution in [1.82, 2.24) is 0 Å². The minimum absolute atomic E-state index is 0.167. The lowest BCUT2D eigenvalue weighted by Crippen LogP contribution is -2.31. The van der Waals surface area contributed by atoms with Gasteiger partial charge in [-0.2, -0.15) is 0 Å². The Morgan fingerprint density at radius 3 is 1.44 bits per heavy atom. The SMILES string of the molecule is CC(=O)N(C)c1c(I)c(C(=O)Nc2ccc(CCCCCCCCCCCCCCC(=O)O)cc2)c(I)c(N(C)C(C)=O)c1I. The normalized spacial score (nSPS) is 10.9. The van der Waals surface area contributed by atoms with Gasteiger partial charge < -0.3 is 20.2 Å². The first-order valence-electron chi connectivity index (χ1n) is 15.7. The molecule has 0 aromatic heterocycles. The molecule has 0 spiro atoms. The van der Waals surface area contributed by atoms with Gasteiger partial charge in [-0.1, -0.05) is 76.3 Å². The molecule has 0 heterocycles. The van der Waals surface area contributed by atoms with Gasteiger partial charge in [0.15, 0.2) is 0 Å². The minimum atomic E-state index is -0.691. The largest absolute Gasteiger partial charge is 0.481 e. The number of carboxylic acids is 1. The Morgan fingerprint density at radius 2 is 1.04 bits per heavy atom. The number of benzene rings is 2. The van der Waals surface area contributed by atoms with Crippen molar-refractivity contribution in [3.05, 3.63) is 46.1 Å². The predicted octanol–water partition coefficient (Wildman–Crippen LogP) is 9.42. The van der Waals surface area contributed by atoms with Crippen LogP contribution < -0.4 is 15.1 Å². The zero-order chi connectivity index (χ0) is 33.5. The predicted molar refractivity (Wildman–Crippen MR) is 209 cm³/mol. The number of aliphatic carboxylic acids is 1. The van der Waals surface area contributed by atoms with Crippen LogP contribution in [0.2, 0.25) is 0 Å². The maximum Gasteiger partial charge on any atom is 0.303 e. The third-order valence-electron chi connectivity index (χ3n) is 7.93. The van der Waals surface area contributed by atoms with Crippen LogP contribution in [0.4, 0.5) is 17.1 Å². The Morgan fingerprint density at radius 1 is 0.644 bits per heavy atom. The number of carbonyl (C=O) groups is 4. The lowest BCUT2D eigenvalue weighted by atomic mass is 10.0. The number of anilines is 3. The summed E-state index contributed by atoms with van der Waals surface area (Å²) in [6, 6.07) is 7.98. The van der Waals surface area contributed by atoms with Crippen LogP contribution in [0.1, 0.15) is 113 Å². The first-order valence-corrected chi connectivity index (χ1v) is 18.9. The van der Waals surface area contributed by atoms with Gasteiger partial charge in [-0.05, 0) is 105 Å². The van der Waals surface area contributed by atoms with Crippen LogP contribution in [0.5, 0.6) is 0 Å². The molecule has 0 aliphatic heterocycles. The fraction of sp³-hybridized carbons (Fsp3) is 0.529. The molecule has 0 aliphatic rings. The molecular weight excluding hydrogens is 911 g/mol. The van der Waals surface area contributed by atoms with E-state index in [2.05, 4.69) is 85.2 Å². The summed E-state index contributed by atoms with van der Waals surface area (Å²) in [6.45, 7) is 2.95. The Hall–Kier alpha value is -1.49. The van der Waals surface area contributed by atoms with Crippen molar-refractivity contribution in [2.24, 2.45) is 0 Å². The Labute approximate surface area is 309 Å². The second-order valence-corrected chi connectivity index (χ2v) is 14.7. The standard InChI is InChI=1S/C34H46I3N3O5/c1-23(41)39(3)32-29(35)28(30(36)33(31(32)37)40(4)24(2)42)34(45)38-26-21-19-25(20-22-26)17-15-13-11-9-7-5-6-8-10-12-14-16-18-27(43)44/h19-22H,5-18H2,1-4H3,(H,38,45)(H,43,44). The van der Waals surface area contributed by atoms with Gasteiger partial charge in [0, 0.05) is 40.1 Å². The van der Waals surface area contributed by atoms with Crippen LogP contribution >= 0.6 is 67.8 Å². The zero-order valence-electron chi connectivity index (χ0n) is 26.8. The smallest absolute Gasteiger partial charge is 0.303 e. The van der Waals surface area contributed by atoms with Crippen LogP contribution in [0, 0.1) is 10.7 Å². The van der Waals surface area contributed by atoms with Gasteiger partial charge in [0.05, 0.1) is 27.6 Å². The number of rotatable bonds is 19. The van der Waals surface area contributed by atoms with E-state index < -0.39 is 5.97 Å². The molecule has 11 heteroatoms. The Kier molecular flexibility index (Phi) is 18.2. The van der Waals surface area contributed by atoms with E-state index in [0.717, 1.165) is 35.7 Å². The fourth-order valence-electron chi connectivity index (χ4n) is 5.06. The summed E-state index contributed by atoms with van der Waals surface area (Å²) in [7, 11) is 3.35. The summed E-state index contributed by atoms with van der Waals surface area (Å²) in [5, 5.41) is 11.7. The molecule has 45 heavy (non-hydrogen) atoms. The van der Waals surface area contributed by atoms with Crippen LogP contribution in [0.3, 0.4) is 0 Å². The molecule has 0 unspecified atom stereocenters. The number of amides is 3. The molecule has 0 fully saturated rings. The fourth-order valence-corrected chi connectivity index (χ4v) is 10.2. The topological polar surface area (TPSA) is 107 Å². The highest BCUT2D eigenvalue weighted by Gasteiger charge is 2.29. The van der Waals surface area contributed by atoms with E-state index in [0.29, 0.717) is 36.2 Å². The molecule has 0 atom stereocenters. The third-order valence-corrected chi connectivity index (χ3v) is 11.1. The molecule has 3 amide bonds. The highest BCUT2D eigenvalue weighted by Crippen LogP contribution is 2.42. The molecule has 2 aromatic carbocycles. The van der Waals surface area contributed by atoms with Crippen LogP contribution in [0.25, 0.3) is 0 Å². The van der Waals surface area contributed by atoms with E-state index in [1.165, 1.54) is 80.6 Å². The highest BCUT2D eigenvalue weighted by atomic mass is 127. The third kappa shape index (κ3) is 12.9. The van der Waals surface area contributed by atoms with Gasteiger partial charge in [0.1, 0.15) is 0 Å². The number of halogens is 3. The van der Waals surface area contributed by atoms with Crippen molar-refractivity contribution in [3.63, 3.8) is 0 Å². The molecule has 0 aliphatic carbocycles. The maximum absolute atomic E-state index is 13.6. The Bertz CT molecular complexity index is 1270. The van der Waals surface area contributed by atoms with E-state index in [-0.39, 0.29) is 17.7 Å². The van der Waals surface area contributed by atoms with Gasteiger partial charge in [0.2, 0.25) is 11.8 Å². The van der Waals surface area contributed by atoms with Crippen molar-refractivity contribution >= 4 is 109 Å². The van der Waals surface area contributed by atoms with Crippen LogP contribution in [-0.2, 0) is 20.8 Å². The number of unbranched alkanes of at least 4 members (excludes halogenated alkanes) is 11. The number of carboxylic acid groups (broad SMARTS) is 1. The number of hydrogen-bond donors (Lipinski definition) is 2. The highest BCUT2D eigenvalue weighted by molar-refractivity contribution is 14.1. The minimum Gasteiger partial charge on any atom is -0.481 e. The summed E-state index contributed by atoms with van der Waals surface area (Å²) in [5.41, 5.74) is 3.58. The quantitative estimate of drug-likeness (QED) is 0.108.